The van der Waals surface area contributed by atoms with Crippen LogP contribution in [-0.2, 0) is 53.3 Å². The van der Waals surface area contributed by atoms with Gasteiger partial charge in [0.05, 0.1) is 11.1 Å². The third-order valence-corrected chi connectivity index (χ3v) is 15.1. The predicted molar refractivity (Wildman–Crippen MR) is 268 cm³/mol. The molecule has 0 fully saturated rings. The molecule has 70 heavy (non-hydrogen) atoms. The van der Waals surface area contributed by atoms with E-state index in [1.54, 1.807) is 12.1 Å². The van der Waals surface area contributed by atoms with Gasteiger partial charge >= 0.3 is 12.4 Å². The normalized spacial score (nSPS) is 19.2. The van der Waals surface area contributed by atoms with E-state index in [-0.39, 0.29) is 33.5 Å². The molecule has 3 aliphatic heterocycles. The van der Waals surface area contributed by atoms with Crippen LogP contribution in [0.5, 0.6) is 11.5 Å². The summed E-state index contributed by atoms with van der Waals surface area (Å²) in [6.07, 6.45) is -6.12. The minimum atomic E-state index is -4.48. The van der Waals surface area contributed by atoms with Gasteiger partial charge in [-0.05, 0) is 124 Å². The fourth-order valence-electron chi connectivity index (χ4n) is 11.2. The Morgan fingerprint density at radius 3 is 1.31 bits per heavy atom. The van der Waals surface area contributed by atoms with E-state index in [0.717, 1.165) is 107 Å². The van der Waals surface area contributed by atoms with E-state index >= 15 is 0 Å². The average molecular weight is 953 g/mol. The Morgan fingerprint density at radius 1 is 0.443 bits per heavy atom. The highest BCUT2D eigenvalue weighted by Crippen LogP contribution is 2.63. The molecule has 0 radical (unpaired) electrons. The molecular formula is C62H62F6O2. The number of benzene rings is 6. The highest BCUT2D eigenvalue weighted by atomic mass is 19.4. The van der Waals surface area contributed by atoms with Crippen LogP contribution in [0.3, 0.4) is 0 Å². The van der Waals surface area contributed by atoms with Crippen molar-refractivity contribution in [2.45, 2.75) is 154 Å². The molecule has 0 N–H and O–H groups in total. The summed E-state index contributed by atoms with van der Waals surface area (Å²) < 4.78 is 99.2. The lowest BCUT2D eigenvalue weighted by Crippen LogP contribution is -2.25. The molecule has 3 unspecified atom stereocenters. The zero-order valence-electron chi connectivity index (χ0n) is 42.3. The molecule has 2 nitrogen and oxygen atoms in total. The summed E-state index contributed by atoms with van der Waals surface area (Å²) in [5.74, 6) is 1.51. The van der Waals surface area contributed by atoms with E-state index < -0.39 is 29.6 Å². The zero-order chi connectivity index (χ0) is 50.4. The number of hydrogen-bond acceptors (Lipinski definition) is 2. The molecule has 10 rings (SSSR count). The Labute approximate surface area is 409 Å². The first kappa shape index (κ1) is 47.9. The van der Waals surface area contributed by atoms with E-state index in [0.29, 0.717) is 30.6 Å². The second-order valence-electron chi connectivity index (χ2n) is 24.4. The molecule has 3 atom stereocenters. The summed E-state index contributed by atoms with van der Waals surface area (Å²) in [6.45, 7) is 26.5. The maximum atomic E-state index is 14.1. The fraction of sp³-hybridized carbons (Fsp3) is 0.387. The lowest BCUT2D eigenvalue weighted by molar-refractivity contribution is -0.138. The van der Waals surface area contributed by atoms with Crippen molar-refractivity contribution in [1.29, 1.82) is 0 Å². The molecule has 0 aromatic heterocycles. The first-order valence-electron chi connectivity index (χ1n) is 24.5. The van der Waals surface area contributed by atoms with Crippen molar-refractivity contribution in [3.63, 3.8) is 0 Å². The van der Waals surface area contributed by atoms with E-state index in [1.807, 2.05) is 6.08 Å². The minimum Gasteiger partial charge on any atom is -0.484 e. The Morgan fingerprint density at radius 2 is 0.843 bits per heavy atom. The van der Waals surface area contributed by atoms with Crippen LogP contribution >= 0.6 is 0 Å². The number of halogens is 6. The summed E-state index contributed by atoms with van der Waals surface area (Å²) in [7, 11) is 0. The summed E-state index contributed by atoms with van der Waals surface area (Å²) in [5, 5.41) is 0. The lowest BCUT2D eigenvalue weighted by atomic mass is 9.74. The SMILES string of the molecule is CC(C)(C)c1cc2c3c(c1)Cc1cc(C(C)(C)C)cc4c1C1Oc5c(cc(C(C)(C)C)cc5C4C1c1ccc(C(F)(F)F)cc1)Cc1cc(C(C)(C)C)cc(c1/C(=C/c1ccc(C(F)(F)F)cc1)O3)C2. The predicted octanol–water partition coefficient (Wildman–Crippen LogP) is 17.3. The summed E-state index contributed by atoms with van der Waals surface area (Å²) in [4.78, 5) is 0. The van der Waals surface area contributed by atoms with Gasteiger partial charge in [0.2, 0.25) is 0 Å². The van der Waals surface area contributed by atoms with Crippen molar-refractivity contribution in [2.24, 2.45) is 0 Å². The van der Waals surface area contributed by atoms with E-state index in [1.165, 1.54) is 24.3 Å². The molecule has 364 valence electrons. The number of rotatable bonds is 2. The van der Waals surface area contributed by atoms with Gasteiger partial charge < -0.3 is 9.47 Å². The molecule has 0 spiro atoms. The molecule has 8 heteroatoms. The molecule has 4 aliphatic rings. The van der Waals surface area contributed by atoms with Crippen molar-refractivity contribution >= 4 is 11.8 Å². The average Bonchev–Trinajstić information content (AvgIpc) is 3.36. The summed E-state index contributed by atoms with van der Waals surface area (Å²) in [5.41, 5.74) is 13.7. The van der Waals surface area contributed by atoms with Crippen molar-refractivity contribution in [1.82, 2.24) is 0 Å². The highest BCUT2D eigenvalue weighted by Gasteiger charge is 2.51. The van der Waals surface area contributed by atoms with Crippen LogP contribution < -0.4 is 9.47 Å². The molecule has 0 saturated heterocycles. The molecule has 0 saturated carbocycles. The fourth-order valence-corrected chi connectivity index (χ4v) is 11.2. The van der Waals surface area contributed by atoms with E-state index in [9.17, 15) is 26.3 Å². The van der Waals surface area contributed by atoms with E-state index in [2.05, 4.69) is 132 Å². The summed E-state index contributed by atoms with van der Waals surface area (Å²) in [6, 6.07) is 29.2. The quantitative estimate of drug-likeness (QED) is 0.161. The lowest BCUT2D eigenvalue weighted by Gasteiger charge is -2.36. The highest BCUT2D eigenvalue weighted by molar-refractivity contribution is 5.84. The maximum absolute atomic E-state index is 14.1. The number of ether oxygens (including phenoxy) is 2. The Hall–Kier alpha value is -5.76. The van der Waals surface area contributed by atoms with Crippen LogP contribution in [0.1, 0.15) is 201 Å². The van der Waals surface area contributed by atoms with Gasteiger partial charge in [-0.25, -0.2) is 0 Å². The summed E-state index contributed by atoms with van der Waals surface area (Å²) >= 11 is 0. The van der Waals surface area contributed by atoms with Crippen molar-refractivity contribution < 1.29 is 35.8 Å². The molecule has 5 bridgehead atoms. The molecule has 0 amide bonds. The van der Waals surface area contributed by atoms with Gasteiger partial charge in [0.25, 0.3) is 0 Å². The van der Waals surface area contributed by atoms with Gasteiger partial charge in [-0.1, -0.05) is 156 Å². The third-order valence-electron chi connectivity index (χ3n) is 15.1. The zero-order valence-corrected chi connectivity index (χ0v) is 42.3. The van der Waals surface area contributed by atoms with Crippen LogP contribution in [0.15, 0.2) is 97.1 Å². The first-order valence-corrected chi connectivity index (χ1v) is 24.5. The Bertz CT molecular complexity index is 3120. The van der Waals surface area contributed by atoms with Gasteiger partial charge in [0.1, 0.15) is 23.4 Å². The molecule has 6 aromatic rings. The number of alkyl halides is 6. The van der Waals surface area contributed by atoms with Crippen LogP contribution in [0.2, 0.25) is 0 Å². The molecule has 6 aromatic carbocycles. The van der Waals surface area contributed by atoms with E-state index in [4.69, 9.17) is 9.47 Å². The maximum Gasteiger partial charge on any atom is 0.416 e. The van der Waals surface area contributed by atoms with Crippen molar-refractivity contribution in [2.75, 3.05) is 0 Å². The second-order valence-corrected chi connectivity index (χ2v) is 24.4. The van der Waals surface area contributed by atoms with Gasteiger partial charge in [-0.2, -0.15) is 26.3 Å². The smallest absolute Gasteiger partial charge is 0.416 e. The van der Waals surface area contributed by atoms with Crippen LogP contribution in [-0.4, -0.2) is 0 Å². The van der Waals surface area contributed by atoms with Crippen LogP contribution in [0, 0.1) is 0 Å². The first-order chi connectivity index (χ1) is 32.4. The van der Waals surface area contributed by atoms with Gasteiger partial charge in [0.15, 0.2) is 0 Å². The van der Waals surface area contributed by atoms with Crippen molar-refractivity contribution in [3.8, 4) is 11.5 Å². The van der Waals surface area contributed by atoms with Gasteiger partial charge in [-0.3, -0.25) is 0 Å². The number of fused-ring (bicyclic) bond motifs is 4. The molecular weight excluding hydrogens is 891 g/mol. The topological polar surface area (TPSA) is 18.5 Å². The third kappa shape index (κ3) is 8.45. The largest absolute Gasteiger partial charge is 0.484 e. The Kier molecular flexibility index (Phi) is 10.9. The second kappa shape index (κ2) is 15.9. The van der Waals surface area contributed by atoms with Crippen LogP contribution in [0.25, 0.3) is 11.8 Å². The minimum absolute atomic E-state index is 0.237. The van der Waals surface area contributed by atoms with Gasteiger partial charge in [-0.15, -0.1) is 0 Å². The van der Waals surface area contributed by atoms with Crippen molar-refractivity contribution in [3.05, 3.63) is 197 Å². The monoisotopic (exact) mass is 952 g/mol. The van der Waals surface area contributed by atoms with Crippen LogP contribution in [0.4, 0.5) is 26.3 Å². The molecule has 1 aliphatic carbocycles. The van der Waals surface area contributed by atoms with Gasteiger partial charge in [0, 0.05) is 47.8 Å². The standard InChI is InChI=1S/C62H62F6O2/c1-57(2,3)43-25-35-22-38-28-44(58(4,5)6)29-39-24-37-27-45(59(7,8)9)31-47-51(37)56-52(34-15-19-42(20-16-34)62(66,67)68)53(47)48-32-46(60(10,11)12)30-40(55(48)70-56)23-36(26-43)50(35)49(69-54(38)39)21-33-13-17-41(18-14-33)61(63,64)65/h13-21,25-32,52-53,56H,22-24H2,1-12H3/b49-21-. The number of hydrogen-bond donors (Lipinski definition) is 0. The Balaban J connectivity index is 1.34. The molecule has 3 heterocycles.